The fourth-order valence-corrected chi connectivity index (χ4v) is 5.13. The van der Waals surface area contributed by atoms with E-state index in [1.54, 1.807) is 7.11 Å². The molecule has 2 atom stereocenters. The lowest BCUT2D eigenvalue weighted by molar-refractivity contribution is 0.0441. The number of rotatable bonds is 7. The first-order chi connectivity index (χ1) is 13.8. The average molecular weight is 400 g/mol. The molecular formula is C23H29NO3S. The lowest BCUT2D eigenvalue weighted by Crippen LogP contribution is -2.36. The van der Waals surface area contributed by atoms with Crippen molar-refractivity contribution in [1.29, 1.82) is 0 Å². The van der Waals surface area contributed by atoms with Crippen molar-refractivity contribution in [1.82, 2.24) is 0 Å². The fourth-order valence-electron chi connectivity index (χ4n) is 4.01. The third-order valence-electron chi connectivity index (χ3n) is 5.50. The molecule has 1 saturated heterocycles. The van der Waals surface area contributed by atoms with Gasteiger partial charge in [-0.3, -0.25) is 4.99 Å². The summed E-state index contributed by atoms with van der Waals surface area (Å²) in [5.41, 5.74) is 2.59. The topological polar surface area (TPSA) is 40.0 Å². The van der Waals surface area contributed by atoms with E-state index < -0.39 is 0 Å². The maximum absolute atomic E-state index is 6.07. The highest BCUT2D eigenvalue weighted by Gasteiger charge is 2.32. The standard InChI is InChI=1S/C23H29NO3S/c1-25-20-9-5-10-21-19(20)15-18(16-27-21)24-12-2-3-13-26-22-11-4-7-17-8-6-14-28-23(17)22/h4-5,7,9-11,19,21H,2-3,6,8,12-16H2,1H3. The van der Waals surface area contributed by atoms with Gasteiger partial charge in [0.25, 0.3) is 0 Å². The number of aryl methyl sites for hydroxylation is 1. The Morgan fingerprint density at radius 1 is 1.29 bits per heavy atom. The van der Waals surface area contributed by atoms with Crippen LogP contribution in [-0.4, -0.2) is 44.4 Å². The van der Waals surface area contributed by atoms with Crippen LogP contribution in [0.25, 0.3) is 0 Å². The van der Waals surface area contributed by atoms with E-state index in [-0.39, 0.29) is 12.0 Å². The SMILES string of the molecule is COC1=CC=CC2OCC(=NCCCCOc3cccc4c3SCCC4)CC12. The van der Waals surface area contributed by atoms with Crippen molar-refractivity contribution >= 4 is 17.5 Å². The summed E-state index contributed by atoms with van der Waals surface area (Å²) < 4.78 is 17.5. The molecule has 0 aromatic heterocycles. The molecule has 1 aliphatic carbocycles. The molecule has 2 unspecified atom stereocenters. The summed E-state index contributed by atoms with van der Waals surface area (Å²) in [5.74, 6) is 3.53. The average Bonchev–Trinajstić information content (AvgIpc) is 2.75. The maximum atomic E-state index is 6.07. The predicted octanol–water partition coefficient (Wildman–Crippen LogP) is 4.83. The fraction of sp³-hybridized carbons (Fsp3) is 0.522. The van der Waals surface area contributed by atoms with Crippen molar-refractivity contribution in [2.75, 3.05) is 32.6 Å². The van der Waals surface area contributed by atoms with Crippen LogP contribution in [0.3, 0.4) is 0 Å². The molecule has 4 rings (SSSR count). The monoisotopic (exact) mass is 399 g/mol. The van der Waals surface area contributed by atoms with E-state index in [4.69, 9.17) is 19.2 Å². The number of methoxy groups -OCH3 is 1. The van der Waals surface area contributed by atoms with Crippen LogP contribution in [-0.2, 0) is 15.9 Å². The van der Waals surface area contributed by atoms with Gasteiger partial charge in [0.05, 0.1) is 37.2 Å². The van der Waals surface area contributed by atoms with Gasteiger partial charge in [-0.25, -0.2) is 0 Å². The van der Waals surface area contributed by atoms with Crippen LogP contribution in [0.5, 0.6) is 5.75 Å². The first-order valence-electron chi connectivity index (χ1n) is 10.3. The molecule has 0 spiro atoms. The van der Waals surface area contributed by atoms with E-state index in [0.717, 1.165) is 49.6 Å². The van der Waals surface area contributed by atoms with E-state index in [1.165, 1.54) is 29.1 Å². The largest absolute Gasteiger partial charge is 0.501 e. The lowest BCUT2D eigenvalue weighted by Gasteiger charge is -2.33. The number of hydrogen-bond donors (Lipinski definition) is 0. The molecule has 1 aromatic rings. The van der Waals surface area contributed by atoms with Gasteiger partial charge in [-0.15, -0.1) is 11.8 Å². The van der Waals surface area contributed by atoms with Gasteiger partial charge in [0.15, 0.2) is 0 Å². The Hall–Kier alpha value is -1.72. The van der Waals surface area contributed by atoms with Crippen LogP contribution < -0.4 is 4.74 Å². The van der Waals surface area contributed by atoms with Crippen LogP contribution in [0.1, 0.15) is 31.2 Å². The second-order valence-corrected chi connectivity index (χ2v) is 8.55. The van der Waals surface area contributed by atoms with Crippen molar-refractivity contribution in [2.24, 2.45) is 10.9 Å². The van der Waals surface area contributed by atoms with E-state index in [9.17, 15) is 0 Å². The van der Waals surface area contributed by atoms with Crippen LogP contribution >= 0.6 is 11.8 Å². The zero-order valence-corrected chi connectivity index (χ0v) is 17.4. The Balaban J connectivity index is 1.20. The van der Waals surface area contributed by atoms with E-state index >= 15 is 0 Å². The molecule has 1 fully saturated rings. The van der Waals surface area contributed by atoms with Gasteiger partial charge in [0.2, 0.25) is 0 Å². The molecule has 0 radical (unpaired) electrons. The van der Waals surface area contributed by atoms with Crippen molar-refractivity contribution in [3.8, 4) is 5.75 Å². The second kappa shape index (κ2) is 9.66. The molecule has 2 heterocycles. The molecule has 5 heteroatoms. The Kier molecular flexibility index (Phi) is 6.76. The number of hydrogen-bond acceptors (Lipinski definition) is 5. The second-order valence-electron chi connectivity index (χ2n) is 7.44. The zero-order chi connectivity index (χ0) is 19.2. The number of aliphatic imine (C=N–C) groups is 1. The highest BCUT2D eigenvalue weighted by molar-refractivity contribution is 7.99. The maximum Gasteiger partial charge on any atom is 0.133 e. The van der Waals surface area contributed by atoms with Crippen LogP contribution in [0.15, 0.2) is 52.1 Å². The summed E-state index contributed by atoms with van der Waals surface area (Å²) in [4.78, 5) is 6.14. The minimum absolute atomic E-state index is 0.127. The molecule has 0 bridgehead atoms. The summed E-state index contributed by atoms with van der Waals surface area (Å²) in [6.07, 6.45) is 11.7. The Morgan fingerprint density at radius 2 is 2.25 bits per heavy atom. The van der Waals surface area contributed by atoms with Crippen molar-refractivity contribution in [3.63, 3.8) is 0 Å². The molecular weight excluding hydrogens is 370 g/mol. The van der Waals surface area contributed by atoms with Crippen molar-refractivity contribution in [3.05, 3.63) is 47.7 Å². The van der Waals surface area contributed by atoms with E-state index in [0.29, 0.717) is 6.61 Å². The Labute approximate surface area is 172 Å². The number of thioether (sulfide) groups is 1. The van der Waals surface area contributed by atoms with Crippen molar-refractivity contribution in [2.45, 2.75) is 43.1 Å². The minimum atomic E-state index is 0.127. The smallest absolute Gasteiger partial charge is 0.133 e. The molecule has 0 saturated carbocycles. The molecule has 28 heavy (non-hydrogen) atoms. The van der Waals surface area contributed by atoms with Gasteiger partial charge in [0, 0.05) is 18.7 Å². The van der Waals surface area contributed by atoms with Gasteiger partial charge in [-0.1, -0.05) is 24.3 Å². The summed E-state index contributed by atoms with van der Waals surface area (Å²) in [6.45, 7) is 2.22. The highest BCUT2D eigenvalue weighted by atomic mass is 32.2. The number of fused-ring (bicyclic) bond motifs is 2. The number of nitrogens with zero attached hydrogens (tertiary/aromatic N) is 1. The molecule has 3 aliphatic rings. The van der Waals surface area contributed by atoms with Crippen LogP contribution in [0.2, 0.25) is 0 Å². The summed E-state index contributed by atoms with van der Waals surface area (Å²) in [6, 6.07) is 6.45. The third-order valence-corrected chi connectivity index (χ3v) is 6.74. The quantitative estimate of drug-likeness (QED) is 0.616. The van der Waals surface area contributed by atoms with Gasteiger partial charge in [-0.2, -0.15) is 0 Å². The molecule has 0 N–H and O–H groups in total. The number of unbranched alkanes of at least 4 members (excludes halogenated alkanes) is 1. The summed E-state index contributed by atoms with van der Waals surface area (Å²) in [5, 5.41) is 0. The molecule has 150 valence electrons. The number of benzene rings is 1. The first kappa shape index (κ1) is 19.6. The summed E-state index contributed by atoms with van der Waals surface area (Å²) in [7, 11) is 1.73. The normalized spacial score (nSPS) is 25.0. The summed E-state index contributed by atoms with van der Waals surface area (Å²) >= 11 is 1.93. The van der Waals surface area contributed by atoms with Crippen LogP contribution in [0, 0.1) is 5.92 Å². The molecule has 0 amide bonds. The third kappa shape index (κ3) is 4.64. The van der Waals surface area contributed by atoms with E-state index in [1.807, 2.05) is 23.9 Å². The van der Waals surface area contributed by atoms with Gasteiger partial charge in [-0.05, 0) is 49.1 Å². The Morgan fingerprint density at radius 3 is 3.18 bits per heavy atom. The van der Waals surface area contributed by atoms with Crippen molar-refractivity contribution < 1.29 is 14.2 Å². The number of allylic oxidation sites excluding steroid dienone is 2. The minimum Gasteiger partial charge on any atom is -0.501 e. The predicted molar refractivity (Wildman–Crippen MR) is 115 cm³/mol. The first-order valence-corrected chi connectivity index (χ1v) is 11.3. The van der Waals surface area contributed by atoms with E-state index in [2.05, 4.69) is 24.3 Å². The zero-order valence-electron chi connectivity index (χ0n) is 16.6. The molecule has 2 aliphatic heterocycles. The molecule has 1 aromatic carbocycles. The number of ether oxygens (including phenoxy) is 3. The lowest BCUT2D eigenvalue weighted by atomic mass is 9.88. The Bertz CT molecular complexity index is 771. The molecule has 4 nitrogen and oxygen atoms in total. The van der Waals surface area contributed by atoms with Gasteiger partial charge >= 0.3 is 0 Å². The van der Waals surface area contributed by atoms with Gasteiger partial charge in [0.1, 0.15) is 11.5 Å². The highest BCUT2D eigenvalue weighted by Crippen LogP contribution is 2.37. The van der Waals surface area contributed by atoms with Gasteiger partial charge < -0.3 is 14.2 Å². The van der Waals surface area contributed by atoms with Crippen LogP contribution in [0.4, 0.5) is 0 Å².